The average Bonchev–Trinajstić information content (AvgIpc) is 2.38. The van der Waals surface area contributed by atoms with Crippen molar-refractivity contribution in [1.29, 1.82) is 0 Å². The molecule has 6 heteroatoms. The number of phenols is 1. The second kappa shape index (κ2) is 6.58. The van der Waals surface area contributed by atoms with Crippen LogP contribution in [0.1, 0.15) is 12.5 Å². The van der Waals surface area contributed by atoms with Crippen molar-refractivity contribution >= 4 is 11.9 Å². The van der Waals surface area contributed by atoms with Crippen molar-refractivity contribution in [3.05, 3.63) is 29.8 Å². The van der Waals surface area contributed by atoms with Crippen LogP contribution in [0.4, 0.5) is 0 Å². The molecule has 2 atom stereocenters. The SMILES string of the molecule is CC(C(=O)NC(Cc1ccc(O)cc1)C(=O)O)C1CNC1. The van der Waals surface area contributed by atoms with Gasteiger partial charge in [0.05, 0.1) is 0 Å². The van der Waals surface area contributed by atoms with E-state index in [4.69, 9.17) is 0 Å². The minimum Gasteiger partial charge on any atom is -0.508 e. The predicted octanol–water partition coefficient (Wildman–Crippen LogP) is 0.360. The Morgan fingerprint density at radius 1 is 1.33 bits per heavy atom. The van der Waals surface area contributed by atoms with Gasteiger partial charge < -0.3 is 20.8 Å². The molecule has 1 aliphatic rings. The van der Waals surface area contributed by atoms with Crippen molar-refractivity contribution in [2.24, 2.45) is 11.8 Å². The van der Waals surface area contributed by atoms with Crippen molar-refractivity contribution in [3.63, 3.8) is 0 Å². The Morgan fingerprint density at radius 2 is 1.95 bits per heavy atom. The zero-order chi connectivity index (χ0) is 15.4. The summed E-state index contributed by atoms with van der Waals surface area (Å²) in [4.78, 5) is 23.4. The molecule has 0 aromatic heterocycles. The number of aromatic hydroxyl groups is 1. The topological polar surface area (TPSA) is 98.7 Å². The lowest BCUT2D eigenvalue weighted by molar-refractivity contribution is -0.142. The van der Waals surface area contributed by atoms with Crippen LogP contribution < -0.4 is 10.6 Å². The molecule has 1 aromatic carbocycles. The van der Waals surface area contributed by atoms with E-state index in [1.807, 2.05) is 6.92 Å². The number of hydrogen-bond donors (Lipinski definition) is 4. The fraction of sp³-hybridized carbons (Fsp3) is 0.467. The molecule has 1 fully saturated rings. The highest BCUT2D eigenvalue weighted by Crippen LogP contribution is 2.17. The molecule has 1 heterocycles. The molecular weight excluding hydrogens is 272 g/mol. The van der Waals surface area contributed by atoms with Crippen LogP contribution >= 0.6 is 0 Å². The molecule has 1 aliphatic heterocycles. The number of carboxylic acids is 1. The van der Waals surface area contributed by atoms with Gasteiger partial charge in [0.25, 0.3) is 0 Å². The van der Waals surface area contributed by atoms with Crippen LogP contribution in [-0.4, -0.2) is 41.2 Å². The predicted molar refractivity (Wildman–Crippen MR) is 76.9 cm³/mol. The number of aliphatic carboxylic acids is 1. The summed E-state index contributed by atoms with van der Waals surface area (Å²) in [6.07, 6.45) is 0.191. The van der Waals surface area contributed by atoms with Crippen molar-refractivity contribution < 1.29 is 19.8 Å². The molecule has 114 valence electrons. The summed E-state index contributed by atoms with van der Waals surface area (Å²) < 4.78 is 0. The van der Waals surface area contributed by atoms with E-state index < -0.39 is 12.0 Å². The summed E-state index contributed by atoms with van der Waals surface area (Å²) in [6, 6.07) is 5.34. The summed E-state index contributed by atoms with van der Waals surface area (Å²) in [6.45, 7) is 3.41. The van der Waals surface area contributed by atoms with Gasteiger partial charge in [0.1, 0.15) is 11.8 Å². The van der Waals surface area contributed by atoms with Crippen LogP contribution in [0.3, 0.4) is 0 Å². The van der Waals surface area contributed by atoms with Gasteiger partial charge in [-0.1, -0.05) is 19.1 Å². The lowest BCUT2D eigenvalue weighted by Gasteiger charge is -2.32. The third kappa shape index (κ3) is 3.95. The second-order valence-corrected chi connectivity index (χ2v) is 5.48. The standard InChI is InChI=1S/C15H20N2O4/c1-9(11-7-16-8-11)14(19)17-13(15(20)21)6-10-2-4-12(18)5-3-10/h2-5,9,11,13,16,18H,6-8H2,1H3,(H,17,19)(H,20,21). The van der Waals surface area contributed by atoms with Gasteiger partial charge in [0.2, 0.25) is 5.91 Å². The van der Waals surface area contributed by atoms with Gasteiger partial charge in [-0.15, -0.1) is 0 Å². The Balaban J connectivity index is 1.96. The van der Waals surface area contributed by atoms with E-state index >= 15 is 0 Å². The number of carbonyl (C=O) groups is 2. The smallest absolute Gasteiger partial charge is 0.326 e. The molecule has 1 saturated heterocycles. The number of carbonyl (C=O) groups excluding carboxylic acids is 1. The number of rotatable bonds is 6. The number of benzene rings is 1. The summed E-state index contributed by atoms with van der Waals surface area (Å²) in [5, 5.41) is 24.2. The summed E-state index contributed by atoms with van der Waals surface area (Å²) >= 11 is 0. The lowest BCUT2D eigenvalue weighted by Crippen LogP contribution is -2.52. The Labute approximate surface area is 123 Å². The third-order valence-corrected chi connectivity index (χ3v) is 3.92. The Hall–Kier alpha value is -2.08. The van der Waals surface area contributed by atoms with E-state index in [1.165, 1.54) is 12.1 Å². The molecule has 1 amide bonds. The maximum Gasteiger partial charge on any atom is 0.326 e. The van der Waals surface area contributed by atoms with Crippen LogP contribution in [-0.2, 0) is 16.0 Å². The minimum absolute atomic E-state index is 0.126. The van der Waals surface area contributed by atoms with E-state index in [2.05, 4.69) is 10.6 Å². The highest BCUT2D eigenvalue weighted by atomic mass is 16.4. The van der Waals surface area contributed by atoms with Gasteiger partial charge in [0.15, 0.2) is 0 Å². The molecule has 2 rings (SSSR count). The van der Waals surface area contributed by atoms with Crippen molar-refractivity contribution in [2.75, 3.05) is 13.1 Å². The van der Waals surface area contributed by atoms with Crippen LogP contribution in [0.5, 0.6) is 5.75 Å². The molecule has 0 aliphatic carbocycles. The van der Waals surface area contributed by atoms with Gasteiger partial charge in [-0.25, -0.2) is 4.79 Å². The number of carboxylic acid groups (broad SMARTS) is 1. The first-order chi connectivity index (χ1) is 9.97. The molecule has 2 unspecified atom stereocenters. The number of phenolic OH excluding ortho intramolecular Hbond substituents is 1. The van der Waals surface area contributed by atoms with Crippen LogP contribution in [0.15, 0.2) is 24.3 Å². The molecule has 4 N–H and O–H groups in total. The number of amides is 1. The first-order valence-corrected chi connectivity index (χ1v) is 6.99. The first kappa shape index (κ1) is 15.3. The Bertz CT molecular complexity index is 511. The third-order valence-electron chi connectivity index (χ3n) is 3.92. The van der Waals surface area contributed by atoms with Crippen LogP contribution in [0.2, 0.25) is 0 Å². The van der Waals surface area contributed by atoms with E-state index in [1.54, 1.807) is 12.1 Å². The summed E-state index contributed by atoms with van der Waals surface area (Å²) in [5.74, 6) is -1.09. The summed E-state index contributed by atoms with van der Waals surface area (Å²) in [7, 11) is 0. The monoisotopic (exact) mass is 292 g/mol. The van der Waals surface area contributed by atoms with E-state index in [0.717, 1.165) is 18.7 Å². The minimum atomic E-state index is -1.06. The Morgan fingerprint density at radius 3 is 2.43 bits per heavy atom. The fourth-order valence-electron chi connectivity index (χ4n) is 2.25. The number of hydrogen-bond acceptors (Lipinski definition) is 4. The molecule has 0 saturated carbocycles. The van der Waals surface area contributed by atoms with Gasteiger partial charge >= 0.3 is 5.97 Å². The van der Waals surface area contributed by atoms with E-state index in [9.17, 15) is 19.8 Å². The molecule has 6 nitrogen and oxygen atoms in total. The quantitative estimate of drug-likeness (QED) is 0.607. The molecular formula is C15H20N2O4. The summed E-state index contributed by atoms with van der Waals surface area (Å²) in [5.41, 5.74) is 0.749. The van der Waals surface area contributed by atoms with Crippen molar-refractivity contribution in [2.45, 2.75) is 19.4 Å². The highest BCUT2D eigenvalue weighted by molar-refractivity contribution is 5.85. The Kier molecular flexibility index (Phi) is 4.80. The first-order valence-electron chi connectivity index (χ1n) is 6.99. The van der Waals surface area contributed by atoms with Gasteiger partial charge in [-0.2, -0.15) is 0 Å². The zero-order valence-electron chi connectivity index (χ0n) is 11.9. The molecule has 0 spiro atoms. The normalized spacial score (nSPS) is 17.6. The van der Waals surface area contributed by atoms with E-state index in [0.29, 0.717) is 0 Å². The zero-order valence-corrected chi connectivity index (χ0v) is 11.9. The maximum absolute atomic E-state index is 12.1. The lowest BCUT2D eigenvalue weighted by atomic mass is 9.88. The average molecular weight is 292 g/mol. The van der Waals surface area contributed by atoms with Gasteiger partial charge in [-0.05, 0) is 36.7 Å². The van der Waals surface area contributed by atoms with E-state index in [-0.39, 0.29) is 29.9 Å². The largest absolute Gasteiger partial charge is 0.508 e. The molecule has 21 heavy (non-hydrogen) atoms. The van der Waals surface area contributed by atoms with Crippen LogP contribution in [0.25, 0.3) is 0 Å². The fourth-order valence-corrected chi connectivity index (χ4v) is 2.25. The second-order valence-electron chi connectivity index (χ2n) is 5.48. The van der Waals surface area contributed by atoms with Crippen molar-refractivity contribution in [1.82, 2.24) is 10.6 Å². The van der Waals surface area contributed by atoms with Gasteiger partial charge in [-0.3, -0.25) is 4.79 Å². The molecule has 1 aromatic rings. The van der Waals surface area contributed by atoms with Gasteiger partial charge in [0, 0.05) is 12.3 Å². The highest BCUT2D eigenvalue weighted by Gasteiger charge is 2.31. The van der Waals surface area contributed by atoms with Crippen molar-refractivity contribution in [3.8, 4) is 5.75 Å². The van der Waals surface area contributed by atoms with Crippen LogP contribution in [0, 0.1) is 11.8 Å². The molecule has 0 bridgehead atoms. The maximum atomic E-state index is 12.1. The number of nitrogens with one attached hydrogen (secondary N) is 2. The molecule has 0 radical (unpaired) electrons.